The number of nitrogens with zero attached hydrogens (tertiary/aromatic N) is 2. The number of azo groups is 1. The first-order chi connectivity index (χ1) is 12.5. The second kappa shape index (κ2) is 10.2. The molecule has 0 bridgehead atoms. The van der Waals surface area contributed by atoms with Gasteiger partial charge >= 0.3 is 0 Å². The van der Waals surface area contributed by atoms with Gasteiger partial charge in [0, 0.05) is 0 Å². The largest absolute Gasteiger partial charge is 0.294 e. The highest BCUT2D eigenvalue weighted by molar-refractivity contribution is 7.85. The first-order valence-corrected chi connectivity index (χ1v) is 10.5. The van der Waals surface area contributed by atoms with Crippen LogP contribution in [0.1, 0.15) is 51.0 Å². The van der Waals surface area contributed by atoms with Gasteiger partial charge < -0.3 is 0 Å². The molecule has 5 nitrogen and oxygen atoms in total. The van der Waals surface area contributed by atoms with Crippen molar-refractivity contribution in [3.8, 4) is 0 Å². The van der Waals surface area contributed by atoms with E-state index >= 15 is 0 Å². The number of hydrogen-bond donors (Lipinski definition) is 1. The Morgan fingerprint density at radius 2 is 1.27 bits per heavy atom. The third kappa shape index (κ3) is 7.06. The summed E-state index contributed by atoms with van der Waals surface area (Å²) in [5.41, 5.74) is 2.57. The minimum absolute atomic E-state index is 0.157. The van der Waals surface area contributed by atoms with Crippen LogP contribution in [0.4, 0.5) is 11.4 Å². The van der Waals surface area contributed by atoms with Gasteiger partial charge in [0.1, 0.15) is 0 Å². The molecule has 0 radical (unpaired) electrons. The SMILES string of the molecule is CCCCCCCCc1ccc(N=Nc2ccc(S(=O)(=O)O)cc2)cc1. The summed E-state index contributed by atoms with van der Waals surface area (Å²) >= 11 is 0. The van der Waals surface area contributed by atoms with Crippen LogP contribution in [0.3, 0.4) is 0 Å². The maximum Gasteiger partial charge on any atom is 0.294 e. The normalized spacial score (nSPS) is 11.9. The fourth-order valence-corrected chi connectivity index (χ4v) is 3.12. The molecular weight excluding hydrogens is 348 g/mol. The monoisotopic (exact) mass is 374 g/mol. The molecule has 0 saturated heterocycles. The summed E-state index contributed by atoms with van der Waals surface area (Å²) in [5.74, 6) is 0. The Bertz CT molecular complexity index is 798. The molecular formula is C20H26N2O3S. The van der Waals surface area contributed by atoms with Crippen molar-refractivity contribution in [3.05, 3.63) is 54.1 Å². The van der Waals surface area contributed by atoms with Crippen molar-refractivity contribution in [1.29, 1.82) is 0 Å². The van der Waals surface area contributed by atoms with E-state index in [2.05, 4.69) is 29.3 Å². The fraction of sp³-hybridized carbons (Fsp3) is 0.400. The Labute approximate surface area is 155 Å². The zero-order valence-corrected chi connectivity index (χ0v) is 16.0. The van der Waals surface area contributed by atoms with Crippen molar-refractivity contribution in [2.45, 2.75) is 56.8 Å². The summed E-state index contributed by atoms with van der Waals surface area (Å²) in [6, 6.07) is 13.6. The van der Waals surface area contributed by atoms with E-state index in [9.17, 15) is 8.42 Å². The number of benzene rings is 2. The molecule has 0 heterocycles. The quantitative estimate of drug-likeness (QED) is 0.303. The third-order valence-corrected chi connectivity index (χ3v) is 5.04. The molecule has 0 aliphatic carbocycles. The first kappa shape index (κ1) is 20.3. The van der Waals surface area contributed by atoms with Crippen LogP contribution in [0.2, 0.25) is 0 Å². The van der Waals surface area contributed by atoms with E-state index in [1.54, 1.807) is 0 Å². The molecule has 0 saturated carbocycles. The zero-order valence-electron chi connectivity index (χ0n) is 15.1. The number of hydrogen-bond acceptors (Lipinski definition) is 4. The molecule has 2 rings (SSSR count). The van der Waals surface area contributed by atoms with E-state index in [0.717, 1.165) is 12.1 Å². The molecule has 0 spiro atoms. The predicted molar refractivity (Wildman–Crippen MR) is 104 cm³/mol. The molecule has 1 N–H and O–H groups in total. The van der Waals surface area contributed by atoms with E-state index in [-0.39, 0.29) is 4.90 Å². The van der Waals surface area contributed by atoms with Gasteiger partial charge in [-0.25, -0.2) is 0 Å². The third-order valence-electron chi connectivity index (χ3n) is 4.17. The second-order valence-electron chi connectivity index (χ2n) is 6.35. The van der Waals surface area contributed by atoms with Crippen molar-refractivity contribution in [3.63, 3.8) is 0 Å². The Kier molecular flexibility index (Phi) is 7.94. The van der Waals surface area contributed by atoms with Crippen molar-refractivity contribution in [2.24, 2.45) is 10.2 Å². The highest BCUT2D eigenvalue weighted by atomic mass is 32.2. The Hall–Kier alpha value is -2.05. The van der Waals surface area contributed by atoms with Gasteiger partial charge in [-0.1, -0.05) is 51.2 Å². The minimum atomic E-state index is -4.18. The Morgan fingerprint density at radius 1 is 0.769 bits per heavy atom. The van der Waals surface area contributed by atoms with Crippen LogP contribution in [0, 0.1) is 0 Å². The lowest BCUT2D eigenvalue weighted by molar-refractivity contribution is 0.483. The van der Waals surface area contributed by atoms with Crippen LogP contribution in [-0.2, 0) is 16.5 Å². The van der Waals surface area contributed by atoms with Crippen molar-refractivity contribution in [2.75, 3.05) is 0 Å². The van der Waals surface area contributed by atoms with Gasteiger partial charge in [-0.3, -0.25) is 4.55 Å². The summed E-state index contributed by atoms with van der Waals surface area (Å²) in [5, 5.41) is 8.23. The topological polar surface area (TPSA) is 79.1 Å². The van der Waals surface area contributed by atoms with Crippen molar-refractivity contribution in [1.82, 2.24) is 0 Å². The fourth-order valence-electron chi connectivity index (χ4n) is 2.64. The maximum absolute atomic E-state index is 11.0. The molecule has 0 aliphatic heterocycles. The van der Waals surface area contributed by atoms with E-state index in [0.29, 0.717) is 5.69 Å². The van der Waals surface area contributed by atoms with Crippen molar-refractivity contribution >= 4 is 21.5 Å². The molecule has 0 fully saturated rings. The number of unbranched alkanes of at least 4 members (excludes halogenated alkanes) is 5. The standard InChI is InChI=1S/C20H26N2O3S/c1-2-3-4-5-6-7-8-17-9-11-18(12-10-17)21-22-19-13-15-20(16-14-19)26(23,24)25/h9-16H,2-8H2,1H3,(H,23,24,25). The molecule has 0 amide bonds. The molecule has 0 aromatic heterocycles. The van der Waals surface area contributed by atoms with Crippen LogP contribution in [0.5, 0.6) is 0 Å². The molecule has 0 unspecified atom stereocenters. The summed E-state index contributed by atoms with van der Waals surface area (Å²) in [6.07, 6.45) is 8.84. The molecule has 6 heteroatoms. The van der Waals surface area contributed by atoms with Crippen molar-refractivity contribution < 1.29 is 13.0 Å². The molecule has 26 heavy (non-hydrogen) atoms. The minimum Gasteiger partial charge on any atom is -0.282 e. The summed E-state index contributed by atoms with van der Waals surface area (Å²) in [6.45, 7) is 2.23. The summed E-state index contributed by atoms with van der Waals surface area (Å²) in [7, 11) is -4.18. The lowest BCUT2D eigenvalue weighted by Gasteiger charge is -2.02. The number of rotatable bonds is 10. The van der Waals surface area contributed by atoms with Gasteiger partial charge in [-0.05, 0) is 54.8 Å². The van der Waals surface area contributed by atoms with Crippen LogP contribution < -0.4 is 0 Å². The van der Waals surface area contributed by atoms with Crippen LogP contribution >= 0.6 is 0 Å². The van der Waals surface area contributed by atoms with Gasteiger partial charge in [0.25, 0.3) is 10.1 Å². The molecule has 0 aliphatic rings. The molecule has 2 aromatic carbocycles. The summed E-state index contributed by atoms with van der Waals surface area (Å²) in [4.78, 5) is -0.157. The average Bonchev–Trinajstić information content (AvgIpc) is 2.63. The van der Waals surface area contributed by atoms with E-state index in [1.165, 1.54) is 68.4 Å². The number of aryl methyl sites for hydroxylation is 1. The van der Waals surface area contributed by atoms with Gasteiger partial charge in [0.15, 0.2) is 0 Å². The van der Waals surface area contributed by atoms with Gasteiger partial charge in [0.05, 0.1) is 16.3 Å². The Balaban J connectivity index is 1.83. The van der Waals surface area contributed by atoms with E-state index < -0.39 is 10.1 Å². The van der Waals surface area contributed by atoms with Crippen LogP contribution in [0.25, 0.3) is 0 Å². The van der Waals surface area contributed by atoms with E-state index in [4.69, 9.17) is 4.55 Å². The molecule has 140 valence electrons. The maximum atomic E-state index is 11.0. The highest BCUT2D eigenvalue weighted by Gasteiger charge is 2.08. The van der Waals surface area contributed by atoms with Crippen LogP contribution in [-0.4, -0.2) is 13.0 Å². The lowest BCUT2D eigenvalue weighted by Crippen LogP contribution is -1.96. The summed E-state index contributed by atoms with van der Waals surface area (Å²) < 4.78 is 30.9. The lowest BCUT2D eigenvalue weighted by atomic mass is 10.0. The zero-order chi connectivity index (χ0) is 18.8. The average molecular weight is 375 g/mol. The second-order valence-corrected chi connectivity index (χ2v) is 7.77. The smallest absolute Gasteiger partial charge is 0.282 e. The van der Waals surface area contributed by atoms with Crippen LogP contribution in [0.15, 0.2) is 63.7 Å². The molecule has 0 atom stereocenters. The Morgan fingerprint density at radius 3 is 1.81 bits per heavy atom. The first-order valence-electron chi connectivity index (χ1n) is 9.07. The van der Waals surface area contributed by atoms with Gasteiger partial charge in [0.2, 0.25) is 0 Å². The highest BCUT2D eigenvalue weighted by Crippen LogP contribution is 2.21. The molecule has 2 aromatic rings. The van der Waals surface area contributed by atoms with Gasteiger partial charge in [-0.15, -0.1) is 0 Å². The van der Waals surface area contributed by atoms with Gasteiger partial charge in [-0.2, -0.15) is 18.6 Å². The van der Waals surface area contributed by atoms with E-state index in [1.807, 2.05) is 12.1 Å². The predicted octanol–water partition coefficient (Wildman–Crippen LogP) is 6.25.